The van der Waals surface area contributed by atoms with Crippen LogP contribution in [0.4, 0.5) is 0 Å². The van der Waals surface area contributed by atoms with E-state index in [9.17, 15) is 0 Å². The summed E-state index contributed by atoms with van der Waals surface area (Å²) >= 11 is 7.79. The van der Waals surface area contributed by atoms with Gasteiger partial charge in [0.1, 0.15) is 12.2 Å². The molecular formula is C12H13ClN6S. The first-order chi connectivity index (χ1) is 9.81. The predicted molar refractivity (Wildman–Crippen MR) is 77.0 cm³/mol. The zero-order valence-electron chi connectivity index (χ0n) is 10.7. The lowest BCUT2D eigenvalue weighted by atomic mass is 10.1. The molecule has 0 saturated carbocycles. The van der Waals surface area contributed by atoms with Crippen LogP contribution < -0.4 is 5.32 Å². The van der Waals surface area contributed by atoms with Crippen LogP contribution in [0.3, 0.4) is 0 Å². The Balaban J connectivity index is 1.48. The molecule has 0 unspecified atom stereocenters. The maximum Gasteiger partial charge on any atom is 0.195 e. The summed E-state index contributed by atoms with van der Waals surface area (Å²) < 4.78 is 4.02. The van der Waals surface area contributed by atoms with E-state index < -0.39 is 0 Å². The molecule has 0 aromatic carbocycles. The lowest BCUT2D eigenvalue weighted by molar-refractivity contribution is 0.356. The predicted octanol–water partition coefficient (Wildman–Crippen LogP) is 1.75. The summed E-state index contributed by atoms with van der Waals surface area (Å²) in [5, 5.41) is 10.4. The minimum absolute atomic E-state index is 0.393. The molecule has 4 heterocycles. The van der Waals surface area contributed by atoms with E-state index in [0.717, 1.165) is 35.9 Å². The van der Waals surface area contributed by atoms with Crippen molar-refractivity contribution in [1.29, 1.82) is 0 Å². The second kappa shape index (κ2) is 4.83. The van der Waals surface area contributed by atoms with Gasteiger partial charge >= 0.3 is 0 Å². The summed E-state index contributed by atoms with van der Waals surface area (Å²) in [5.74, 6) is 1.07. The number of hydrogen-bond acceptors (Lipinski definition) is 5. The second-order valence-electron chi connectivity index (χ2n) is 4.88. The average molecular weight is 309 g/mol. The van der Waals surface area contributed by atoms with Gasteiger partial charge in [-0.05, 0) is 6.42 Å². The Morgan fingerprint density at radius 3 is 3.40 bits per heavy atom. The van der Waals surface area contributed by atoms with Gasteiger partial charge in [-0.15, -0.1) is 11.3 Å². The van der Waals surface area contributed by atoms with Crippen molar-refractivity contribution in [2.75, 3.05) is 0 Å². The van der Waals surface area contributed by atoms with Gasteiger partial charge in [0.2, 0.25) is 0 Å². The van der Waals surface area contributed by atoms with E-state index >= 15 is 0 Å². The summed E-state index contributed by atoms with van der Waals surface area (Å²) in [6, 6.07) is 0.393. The molecule has 1 atom stereocenters. The number of nitrogens with one attached hydrogen (secondary N) is 1. The number of halogens is 1. The second-order valence-corrected chi connectivity index (χ2v) is 6.11. The molecule has 104 valence electrons. The number of imidazole rings is 1. The standard InChI is InChI=1S/C12H13ClN6S/c13-11-9(18-3-4-20-12(18)17-11)5-14-8-1-2-10-15-7-16-19(10)6-8/h3-4,7-8,14H,1-2,5-6H2/t8-/m0/s1. The van der Waals surface area contributed by atoms with Crippen LogP contribution in [0.1, 0.15) is 17.9 Å². The molecule has 0 spiro atoms. The Labute approximate surface area is 124 Å². The summed E-state index contributed by atoms with van der Waals surface area (Å²) in [4.78, 5) is 9.52. The van der Waals surface area contributed by atoms with Gasteiger partial charge in [-0.3, -0.25) is 4.40 Å². The van der Waals surface area contributed by atoms with Crippen LogP contribution >= 0.6 is 22.9 Å². The van der Waals surface area contributed by atoms with Crippen molar-refractivity contribution in [1.82, 2.24) is 29.5 Å². The molecule has 3 aromatic heterocycles. The first-order valence-corrected chi connectivity index (χ1v) is 7.77. The molecule has 1 aliphatic rings. The van der Waals surface area contributed by atoms with Gasteiger partial charge in [0.05, 0.1) is 12.2 Å². The Bertz CT molecular complexity index is 744. The van der Waals surface area contributed by atoms with E-state index in [2.05, 4.69) is 20.4 Å². The van der Waals surface area contributed by atoms with Crippen LogP contribution in [0.2, 0.25) is 5.15 Å². The zero-order chi connectivity index (χ0) is 13.5. The van der Waals surface area contributed by atoms with Gasteiger partial charge in [0, 0.05) is 30.6 Å². The minimum atomic E-state index is 0.393. The SMILES string of the molecule is Clc1nc2sccn2c1CN[C@H]1CCc2ncnn2C1. The van der Waals surface area contributed by atoms with Crippen molar-refractivity contribution in [3.63, 3.8) is 0 Å². The van der Waals surface area contributed by atoms with Gasteiger partial charge in [0.25, 0.3) is 0 Å². The number of nitrogens with zero attached hydrogens (tertiary/aromatic N) is 5. The van der Waals surface area contributed by atoms with E-state index in [0.29, 0.717) is 17.7 Å². The topological polar surface area (TPSA) is 60.0 Å². The van der Waals surface area contributed by atoms with Gasteiger partial charge in [-0.1, -0.05) is 11.6 Å². The molecule has 20 heavy (non-hydrogen) atoms. The van der Waals surface area contributed by atoms with Crippen LogP contribution in [0.5, 0.6) is 0 Å². The highest BCUT2D eigenvalue weighted by molar-refractivity contribution is 7.15. The molecule has 1 aliphatic heterocycles. The summed E-state index contributed by atoms with van der Waals surface area (Å²) in [5.41, 5.74) is 1.02. The van der Waals surface area contributed by atoms with Crippen molar-refractivity contribution in [2.24, 2.45) is 0 Å². The maximum atomic E-state index is 6.20. The molecule has 4 rings (SSSR count). The Hall–Kier alpha value is -1.44. The molecule has 0 saturated heterocycles. The molecule has 0 fully saturated rings. The van der Waals surface area contributed by atoms with Crippen molar-refractivity contribution < 1.29 is 0 Å². The molecule has 8 heteroatoms. The highest BCUT2D eigenvalue weighted by Crippen LogP contribution is 2.21. The van der Waals surface area contributed by atoms with Crippen molar-refractivity contribution in [3.05, 3.63) is 34.6 Å². The third-order valence-electron chi connectivity index (χ3n) is 3.68. The quantitative estimate of drug-likeness (QED) is 0.801. The van der Waals surface area contributed by atoms with E-state index in [1.165, 1.54) is 0 Å². The van der Waals surface area contributed by atoms with Crippen LogP contribution in [0.15, 0.2) is 17.9 Å². The molecule has 0 radical (unpaired) electrons. The van der Waals surface area contributed by atoms with Crippen LogP contribution in [0, 0.1) is 0 Å². The lowest BCUT2D eigenvalue weighted by Crippen LogP contribution is -2.37. The molecule has 1 N–H and O–H groups in total. The molecule has 0 amide bonds. The van der Waals surface area contributed by atoms with E-state index in [1.807, 2.05) is 20.7 Å². The summed E-state index contributed by atoms with van der Waals surface area (Å²) in [6.45, 7) is 1.57. The van der Waals surface area contributed by atoms with Crippen molar-refractivity contribution in [3.8, 4) is 0 Å². The van der Waals surface area contributed by atoms with Gasteiger partial charge < -0.3 is 5.32 Å². The average Bonchev–Trinajstić information content (AvgIpc) is 3.12. The van der Waals surface area contributed by atoms with Gasteiger partial charge in [0.15, 0.2) is 10.1 Å². The third-order valence-corrected chi connectivity index (χ3v) is 4.74. The highest BCUT2D eigenvalue weighted by Gasteiger charge is 2.20. The maximum absolute atomic E-state index is 6.20. The number of rotatable bonds is 3. The highest BCUT2D eigenvalue weighted by atomic mass is 35.5. The number of aryl methyl sites for hydroxylation is 1. The molecule has 0 aliphatic carbocycles. The fourth-order valence-corrected chi connectivity index (χ4v) is 3.63. The summed E-state index contributed by atoms with van der Waals surface area (Å²) in [6.07, 6.45) is 5.67. The van der Waals surface area contributed by atoms with Crippen LogP contribution in [-0.2, 0) is 19.5 Å². The largest absolute Gasteiger partial charge is 0.306 e. The monoisotopic (exact) mass is 308 g/mol. The third kappa shape index (κ3) is 2.02. The normalized spacial score (nSPS) is 18.6. The first kappa shape index (κ1) is 12.3. The number of fused-ring (bicyclic) bond motifs is 2. The fourth-order valence-electron chi connectivity index (χ4n) is 2.61. The van der Waals surface area contributed by atoms with E-state index in [1.54, 1.807) is 17.7 Å². The first-order valence-electron chi connectivity index (χ1n) is 6.51. The number of aromatic nitrogens is 5. The Morgan fingerprint density at radius 1 is 1.50 bits per heavy atom. The molecule has 3 aromatic rings. The Kier molecular flexibility index (Phi) is 2.98. The van der Waals surface area contributed by atoms with Crippen molar-refractivity contribution in [2.45, 2.75) is 32.0 Å². The van der Waals surface area contributed by atoms with Crippen LogP contribution in [-0.4, -0.2) is 30.2 Å². The number of thiazole rings is 1. The fraction of sp³-hybridized carbons (Fsp3) is 0.417. The van der Waals surface area contributed by atoms with E-state index in [4.69, 9.17) is 11.6 Å². The Morgan fingerprint density at radius 2 is 2.45 bits per heavy atom. The van der Waals surface area contributed by atoms with Crippen LogP contribution in [0.25, 0.3) is 4.96 Å². The molecular weight excluding hydrogens is 296 g/mol. The van der Waals surface area contributed by atoms with Gasteiger partial charge in [-0.25, -0.2) is 14.6 Å². The van der Waals surface area contributed by atoms with Gasteiger partial charge in [-0.2, -0.15) is 5.10 Å². The zero-order valence-corrected chi connectivity index (χ0v) is 12.2. The van der Waals surface area contributed by atoms with Crippen molar-refractivity contribution >= 4 is 27.9 Å². The summed E-state index contributed by atoms with van der Waals surface area (Å²) in [7, 11) is 0. The smallest absolute Gasteiger partial charge is 0.195 e. The molecule has 0 bridgehead atoms. The molecule has 6 nitrogen and oxygen atoms in total. The minimum Gasteiger partial charge on any atom is -0.306 e. The number of hydrogen-bond donors (Lipinski definition) is 1. The lowest BCUT2D eigenvalue weighted by Gasteiger charge is -2.23. The van der Waals surface area contributed by atoms with E-state index in [-0.39, 0.29) is 0 Å².